The normalized spacial score (nSPS) is 10.6. The Morgan fingerprint density at radius 2 is 1.86 bits per heavy atom. The van der Waals surface area contributed by atoms with E-state index in [-0.39, 0.29) is 6.03 Å². The number of benzene rings is 2. The minimum atomic E-state index is -0.326. The van der Waals surface area contributed by atoms with Crippen LogP contribution < -0.4 is 15.4 Å². The lowest BCUT2D eigenvalue weighted by Crippen LogP contribution is -2.20. The van der Waals surface area contributed by atoms with E-state index in [2.05, 4.69) is 40.9 Å². The first-order chi connectivity index (χ1) is 13.5. The molecule has 146 valence electrons. The summed E-state index contributed by atoms with van der Waals surface area (Å²) in [4.78, 5) is 12.5. The number of aryl methyl sites for hydroxylation is 2. The molecule has 0 spiro atoms. The van der Waals surface area contributed by atoms with Gasteiger partial charge in [-0.05, 0) is 45.4 Å². The number of para-hydroxylation sites is 2. The van der Waals surface area contributed by atoms with Gasteiger partial charge in [0.1, 0.15) is 5.75 Å². The van der Waals surface area contributed by atoms with Crippen LogP contribution in [0.1, 0.15) is 29.4 Å². The summed E-state index contributed by atoms with van der Waals surface area (Å²) in [5.41, 5.74) is 5.42. The summed E-state index contributed by atoms with van der Waals surface area (Å²) in [6, 6.07) is 15.4. The molecule has 3 rings (SSSR count). The molecular weight excluding hydrogens is 352 g/mol. The molecule has 0 radical (unpaired) electrons. The van der Waals surface area contributed by atoms with E-state index in [4.69, 9.17) is 4.74 Å². The number of nitrogens with zero attached hydrogens (tertiary/aromatic N) is 2. The minimum absolute atomic E-state index is 0.326. The average molecular weight is 378 g/mol. The van der Waals surface area contributed by atoms with E-state index in [0.29, 0.717) is 24.6 Å². The van der Waals surface area contributed by atoms with Gasteiger partial charge in [-0.25, -0.2) is 4.79 Å². The molecule has 0 aliphatic rings. The lowest BCUT2D eigenvalue weighted by atomic mass is 10.1. The molecule has 0 aliphatic carbocycles. The third-order valence-corrected chi connectivity index (χ3v) is 4.47. The van der Waals surface area contributed by atoms with Crippen LogP contribution in [0.3, 0.4) is 0 Å². The van der Waals surface area contributed by atoms with Gasteiger partial charge in [0.2, 0.25) is 0 Å². The molecule has 2 aromatic carbocycles. The quantitative estimate of drug-likeness (QED) is 0.641. The van der Waals surface area contributed by atoms with Crippen molar-refractivity contribution in [2.75, 3.05) is 17.2 Å². The van der Waals surface area contributed by atoms with Crippen LogP contribution in [0.5, 0.6) is 5.75 Å². The average Bonchev–Trinajstić information content (AvgIpc) is 2.91. The molecule has 3 aromatic rings. The van der Waals surface area contributed by atoms with Gasteiger partial charge in [-0.1, -0.05) is 42.0 Å². The van der Waals surface area contributed by atoms with Crippen molar-refractivity contribution < 1.29 is 9.53 Å². The van der Waals surface area contributed by atoms with Gasteiger partial charge in [0.25, 0.3) is 0 Å². The molecule has 0 aliphatic heterocycles. The number of amides is 2. The van der Waals surface area contributed by atoms with E-state index in [1.54, 1.807) is 0 Å². The summed E-state index contributed by atoms with van der Waals surface area (Å²) in [5.74, 6) is 0.642. The van der Waals surface area contributed by atoms with Crippen LogP contribution in [0.15, 0.2) is 48.5 Å². The van der Waals surface area contributed by atoms with Gasteiger partial charge >= 0.3 is 6.03 Å². The first-order valence-corrected chi connectivity index (χ1v) is 9.37. The SMILES string of the molecule is CCOc1ccccc1NC(=O)Nc1c(C)nn(Cc2cccc(C)c2)c1C. The smallest absolute Gasteiger partial charge is 0.323 e. The van der Waals surface area contributed by atoms with Gasteiger partial charge in [-0.3, -0.25) is 4.68 Å². The molecule has 6 nitrogen and oxygen atoms in total. The fourth-order valence-corrected chi connectivity index (χ4v) is 3.13. The molecule has 1 aromatic heterocycles. The van der Waals surface area contributed by atoms with Crippen molar-refractivity contribution in [1.82, 2.24) is 9.78 Å². The molecule has 1 heterocycles. The molecule has 6 heteroatoms. The second-order valence-corrected chi connectivity index (χ2v) is 6.70. The number of hydrogen-bond acceptors (Lipinski definition) is 3. The van der Waals surface area contributed by atoms with Crippen LogP contribution in [-0.2, 0) is 6.54 Å². The molecule has 0 bridgehead atoms. The van der Waals surface area contributed by atoms with E-state index in [1.165, 1.54) is 11.1 Å². The number of urea groups is 1. The van der Waals surface area contributed by atoms with Gasteiger partial charge in [0.05, 0.1) is 35.9 Å². The highest BCUT2D eigenvalue weighted by Gasteiger charge is 2.15. The van der Waals surface area contributed by atoms with Gasteiger partial charge in [0, 0.05) is 0 Å². The highest BCUT2D eigenvalue weighted by atomic mass is 16.5. The standard InChI is InChI=1S/C22H26N4O2/c1-5-28-20-12-7-6-11-19(20)23-22(27)24-21-16(3)25-26(17(21)4)14-18-10-8-9-15(2)13-18/h6-13H,5,14H2,1-4H3,(H2,23,24,27). The highest BCUT2D eigenvalue weighted by molar-refractivity contribution is 6.01. The maximum atomic E-state index is 12.5. The van der Waals surface area contributed by atoms with Gasteiger partial charge in [-0.2, -0.15) is 5.10 Å². The van der Waals surface area contributed by atoms with Gasteiger partial charge in [-0.15, -0.1) is 0 Å². The summed E-state index contributed by atoms with van der Waals surface area (Å²) < 4.78 is 7.47. The Morgan fingerprint density at radius 1 is 1.07 bits per heavy atom. The monoisotopic (exact) mass is 378 g/mol. The van der Waals surface area contributed by atoms with Crippen molar-refractivity contribution in [3.63, 3.8) is 0 Å². The fourth-order valence-electron chi connectivity index (χ4n) is 3.13. The Hall–Kier alpha value is -3.28. The second-order valence-electron chi connectivity index (χ2n) is 6.70. The van der Waals surface area contributed by atoms with Crippen LogP contribution in [0.4, 0.5) is 16.2 Å². The number of nitrogens with one attached hydrogen (secondary N) is 2. The molecule has 28 heavy (non-hydrogen) atoms. The third kappa shape index (κ3) is 4.52. The molecule has 0 fully saturated rings. The highest BCUT2D eigenvalue weighted by Crippen LogP contribution is 2.25. The van der Waals surface area contributed by atoms with E-state index in [1.807, 2.05) is 55.8 Å². The maximum Gasteiger partial charge on any atom is 0.323 e. The number of hydrogen-bond donors (Lipinski definition) is 2. The summed E-state index contributed by atoms with van der Waals surface area (Å²) in [6.07, 6.45) is 0. The minimum Gasteiger partial charge on any atom is -0.492 e. The van der Waals surface area contributed by atoms with Crippen LogP contribution in [0.2, 0.25) is 0 Å². The maximum absolute atomic E-state index is 12.5. The van der Waals surface area contributed by atoms with Crippen molar-refractivity contribution in [2.45, 2.75) is 34.2 Å². The summed E-state index contributed by atoms with van der Waals surface area (Å²) in [6.45, 7) is 9.02. The van der Waals surface area contributed by atoms with Gasteiger partial charge in [0.15, 0.2) is 0 Å². The Bertz CT molecular complexity index is 978. The lowest BCUT2D eigenvalue weighted by Gasteiger charge is -2.12. The zero-order chi connectivity index (χ0) is 20.1. The molecule has 0 saturated heterocycles. The molecule has 2 N–H and O–H groups in total. The molecular formula is C22H26N4O2. The second kappa shape index (κ2) is 8.61. The predicted molar refractivity (Wildman–Crippen MR) is 112 cm³/mol. The van der Waals surface area contributed by atoms with E-state index in [0.717, 1.165) is 17.1 Å². The topological polar surface area (TPSA) is 68.2 Å². The number of carbonyl (C=O) groups is 1. The molecule has 0 unspecified atom stereocenters. The third-order valence-electron chi connectivity index (χ3n) is 4.47. The number of aromatic nitrogens is 2. The Balaban J connectivity index is 1.74. The van der Waals surface area contributed by atoms with Crippen molar-refractivity contribution in [1.29, 1.82) is 0 Å². The fraction of sp³-hybridized carbons (Fsp3) is 0.273. The van der Waals surface area contributed by atoms with Crippen LogP contribution in [0, 0.1) is 20.8 Å². The Labute approximate surface area is 165 Å². The van der Waals surface area contributed by atoms with Crippen LogP contribution >= 0.6 is 0 Å². The predicted octanol–water partition coefficient (Wildman–Crippen LogP) is 4.90. The lowest BCUT2D eigenvalue weighted by molar-refractivity contribution is 0.262. The Morgan fingerprint density at radius 3 is 2.61 bits per heavy atom. The molecule has 0 atom stereocenters. The molecule has 0 saturated carbocycles. The number of ether oxygens (including phenoxy) is 1. The molecule has 2 amide bonds. The number of anilines is 2. The first kappa shape index (κ1) is 19.5. The number of rotatable bonds is 6. The van der Waals surface area contributed by atoms with Crippen molar-refractivity contribution in [3.8, 4) is 5.75 Å². The van der Waals surface area contributed by atoms with E-state index < -0.39 is 0 Å². The first-order valence-electron chi connectivity index (χ1n) is 9.37. The summed E-state index contributed by atoms with van der Waals surface area (Å²) in [5, 5.41) is 10.4. The zero-order valence-corrected chi connectivity index (χ0v) is 16.7. The van der Waals surface area contributed by atoms with E-state index in [9.17, 15) is 4.79 Å². The zero-order valence-electron chi connectivity index (χ0n) is 16.7. The van der Waals surface area contributed by atoms with Crippen LogP contribution in [-0.4, -0.2) is 22.4 Å². The van der Waals surface area contributed by atoms with Crippen LogP contribution in [0.25, 0.3) is 0 Å². The number of carbonyl (C=O) groups excluding carboxylic acids is 1. The van der Waals surface area contributed by atoms with Crippen molar-refractivity contribution in [3.05, 3.63) is 71.0 Å². The van der Waals surface area contributed by atoms with Gasteiger partial charge < -0.3 is 15.4 Å². The van der Waals surface area contributed by atoms with Crippen molar-refractivity contribution >= 4 is 17.4 Å². The largest absolute Gasteiger partial charge is 0.492 e. The van der Waals surface area contributed by atoms with Crippen molar-refractivity contribution in [2.24, 2.45) is 0 Å². The Kier molecular flexibility index (Phi) is 5.99. The summed E-state index contributed by atoms with van der Waals surface area (Å²) in [7, 11) is 0. The van der Waals surface area contributed by atoms with E-state index >= 15 is 0 Å². The summed E-state index contributed by atoms with van der Waals surface area (Å²) >= 11 is 0.